The van der Waals surface area contributed by atoms with Crippen LogP contribution >= 0.6 is 0 Å². The summed E-state index contributed by atoms with van der Waals surface area (Å²) < 4.78 is 9.50. The number of ether oxygens (including phenoxy) is 2. The summed E-state index contributed by atoms with van der Waals surface area (Å²) >= 11 is 0. The Bertz CT molecular complexity index is 443. The lowest BCUT2D eigenvalue weighted by atomic mass is 10.1. The third kappa shape index (κ3) is 3.85. The molecule has 0 aromatic heterocycles. The molecule has 0 fully saturated rings. The molecule has 0 atom stereocenters. The van der Waals surface area contributed by atoms with Crippen LogP contribution in [0.3, 0.4) is 0 Å². The van der Waals surface area contributed by atoms with E-state index >= 15 is 0 Å². The Kier molecular flexibility index (Phi) is 5.32. The topological polar surface area (TPSA) is 64.6 Å². The zero-order valence-electron chi connectivity index (χ0n) is 10.8. The van der Waals surface area contributed by atoms with Crippen LogP contribution in [-0.4, -0.2) is 32.7 Å². The molecule has 0 heterocycles. The van der Waals surface area contributed by atoms with Gasteiger partial charge in [-0.05, 0) is 19.1 Å². The Morgan fingerprint density at radius 2 is 2.00 bits per heavy atom. The van der Waals surface area contributed by atoms with Crippen molar-refractivity contribution in [3.05, 3.63) is 29.3 Å². The molecule has 0 saturated heterocycles. The van der Waals surface area contributed by atoms with Crippen molar-refractivity contribution in [2.45, 2.75) is 13.3 Å². The van der Waals surface area contributed by atoms with Gasteiger partial charge in [0.25, 0.3) is 0 Å². The third-order valence-electron chi connectivity index (χ3n) is 2.39. The fraction of sp³-hybridized carbons (Fsp3) is 0.385. The van der Waals surface area contributed by atoms with Gasteiger partial charge >= 0.3 is 5.97 Å². The van der Waals surface area contributed by atoms with Gasteiger partial charge in [0.05, 0.1) is 31.4 Å². The summed E-state index contributed by atoms with van der Waals surface area (Å²) in [6.07, 6.45) is 0.241. The molecule has 1 N–H and O–H groups in total. The van der Waals surface area contributed by atoms with Crippen molar-refractivity contribution in [3.8, 4) is 0 Å². The Balaban J connectivity index is 2.87. The van der Waals surface area contributed by atoms with E-state index in [2.05, 4.69) is 10.1 Å². The maximum Gasteiger partial charge on any atom is 0.339 e. The molecule has 1 amide bonds. The standard InChI is InChI=1S/C13H17NO4/c1-9-4-5-11(10(8-9)13(16)18-3)14-12(15)6-7-17-2/h4-5,8H,6-7H2,1-3H3,(H,14,15). The van der Waals surface area contributed by atoms with Gasteiger partial charge in [-0.15, -0.1) is 0 Å². The highest BCUT2D eigenvalue weighted by molar-refractivity contribution is 6.01. The maximum absolute atomic E-state index is 11.6. The van der Waals surface area contributed by atoms with Gasteiger partial charge in [-0.1, -0.05) is 11.6 Å². The molecular weight excluding hydrogens is 234 g/mol. The molecule has 1 rings (SSSR count). The highest BCUT2D eigenvalue weighted by Crippen LogP contribution is 2.18. The van der Waals surface area contributed by atoms with Crippen LogP contribution < -0.4 is 5.32 Å². The van der Waals surface area contributed by atoms with Crippen LogP contribution in [0.5, 0.6) is 0 Å². The molecule has 0 aliphatic heterocycles. The largest absolute Gasteiger partial charge is 0.465 e. The number of carbonyl (C=O) groups excluding carboxylic acids is 2. The normalized spacial score (nSPS) is 9.94. The first-order valence-corrected chi connectivity index (χ1v) is 5.56. The van der Waals surface area contributed by atoms with Gasteiger partial charge < -0.3 is 14.8 Å². The minimum Gasteiger partial charge on any atom is -0.465 e. The second-order valence-corrected chi connectivity index (χ2v) is 3.83. The fourth-order valence-electron chi connectivity index (χ4n) is 1.45. The van der Waals surface area contributed by atoms with E-state index in [9.17, 15) is 9.59 Å². The first-order chi connectivity index (χ1) is 8.58. The van der Waals surface area contributed by atoms with Crippen LogP contribution in [0.15, 0.2) is 18.2 Å². The molecule has 1 aromatic rings. The highest BCUT2D eigenvalue weighted by Gasteiger charge is 2.13. The van der Waals surface area contributed by atoms with Crippen molar-refractivity contribution in [1.82, 2.24) is 0 Å². The summed E-state index contributed by atoms with van der Waals surface area (Å²) in [4.78, 5) is 23.2. The van der Waals surface area contributed by atoms with Crippen LogP contribution in [0.1, 0.15) is 22.3 Å². The second kappa shape index (κ2) is 6.76. The molecule has 0 spiro atoms. The molecular formula is C13H17NO4. The number of carbonyl (C=O) groups is 2. The number of methoxy groups -OCH3 is 2. The molecule has 1 aromatic carbocycles. The second-order valence-electron chi connectivity index (χ2n) is 3.83. The minimum atomic E-state index is -0.472. The van der Waals surface area contributed by atoms with Crippen molar-refractivity contribution in [3.63, 3.8) is 0 Å². The molecule has 0 saturated carbocycles. The lowest BCUT2D eigenvalue weighted by Gasteiger charge is -2.10. The molecule has 0 radical (unpaired) electrons. The van der Waals surface area contributed by atoms with Crippen molar-refractivity contribution in [2.24, 2.45) is 0 Å². The summed E-state index contributed by atoms with van der Waals surface area (Å²) in [7, 11) is 2.83. The third-order valence-corrected chi connectivity index (χ3v) is 2.39. The van der Waals surface area contributed by atoms with E-state index in [1.807, 2.05) is 13.0 Å². The van der Waals surface area contributed by atoms with E-state index in [4.69, 9.17) is 4.74 Å². The summed E-state index contributed by atoms with van der Waals surface area (Å²) in [5, 5.41) is 2.67. The Morgan fingerprint density at radius 1 is 1.28 bits per heavy atom. The SMILES string of the molecule is COCCC(=O)Nc1ccc(C)cc1C(=O)OC. The maximum atomic E-state index is 11.6. The summed E-state index contributed by atoms with van der Waals surface area (Å²) in [6, 6.07) is 5.18. The number of amides is 1. The number of esters is 1. The van der Waals surface area contributed by atoms with Gasteiger partial charge in [-0.3, -0.25) is 4.79 Å². The molecule has 0 bridgehead atoms. The van der Waals surface area contributed by atoms with Gasteiger partial charge in [0.15, 0.2) is 0 Å². The van der Waals surface area contributed by atoms with Crippen molar-refractivity contribution >= 4 is 17.6 Å². The summed E-state index contributed by atoms with van der Waals surface area (Å²) in [5.41, 5.74) is 1.72. The van der Waals surface area contributed by atoms with Crippen LogP contribution in [0.2, 0.25) is 0 Å². The lowest BCUT2D eigenvalue weighted by molar-refractivity contribution is -0.117. The zero-order valence-corrected chi connectivity index (χ0v) is 10.8. The highest BCUT2D eigenvalue weighted by atomic mass is 16.5. The van der Waals surface area contributed by atoms with E-state index in [1.165, 1.54) is 14.2 Å². The number of hydrogen-bond acceptors (Lipinski definition) is 4. The van der Waals surface area contributed by atoms with Crippen molar-refractivity contribution in [1.29, 1.82) is 0 Å². The molecule has 18 heavy (non-hydrogen) atoms. The van der Waals surface area contributed by atoms with Crippen molar-refractivity contribution < 1.29 is 19.1 Å². The summed E-state index contributed by atoms with van der Waals surface area (Å²) in [5.74, 6) is -0.674. The minimum absolute atomic E-state index is 0.203. The molecule has 5 nitrogen and oxygen atoms in total. The molecule has 0 aliphatic carbocycles. The number of nitrogens with one attached hydrogen (secondary N) is 1. The van der Waals surface area contributed by atoms with Crippen molar-refractivity contribution in [2.75, 3.05) is 26.1 Å². The van der Waals surface area contributed by atoms with E-state index in [0.29, 0.717) is 17.9 Å². The smallest absolute Gasteiger partial charge is 0.339 e. The fourth-order valence-corrected chi connectivity index (χ4v) is 1.45. The monoisotopic (exact) mass is 251 g/mol. The first kappa shape index (κ1) is 14.2. The Hall–Kier alpha value is -1.88. The first-order valence-electron chi connectivity index (χ1n) is 5.56. The predicted molar refractivity (Wildman–Crippen MR) is 67.6 cm³/mol. The van der Waals surface area contributed by atoms with Crippen LogP contribution in [0, 0.1) is 6.92 Å². The number of aryl methyl sites for hydroxylation is 1. The molecule has 5 heteroatoms. The number of benzene rings is 1. The summed E-state index contributed by atoms with van der Waals surface area (Å²) in [6.45, 7) is 2.20. The molecule has 0 unspecified atom stereocenters. The van der Waals surface area contributed by atoms with Crippen LogP contribution in [0.4, 0.5) is 5.69 Å². The number of rotatable bonds is 5. The Morgan fingerprint density at radius 3 is 2.61 bits per heavy atom. The van der Waals surface area contributed by atoms with Crippen LogP contribution in [0.25, 0.3) is 0 Å². The van der Waals surface area contributed by atoms with Gasteiger partial charge in [-0.25, -0.2) is 4.79 Å². The number of anilines is 1. The Labute approximate surface area is 106 Å². The average molecular weight is 251 g/mol. The average Bonchev–Trinajstić information content (AvgIpc) is 2.37. The van der Waals surface area contributed by atoms with Gasteiger partial charge in [0, 0.05) is 7.11 Å². The predicted octanol–water partition coefficient (Wildman–Crippen LogP) is 1.76. The van der Waals surface area contributed by atoms with Gasteiger partial charge in [0.1, 0.15) is 0 Å². The molecule has 98 valence electrons. The number of hydrogen-bond donors (Lipinski definition) is 1. The lowest BCUT2D eigenvalue weighted by Crippen LogP contribution is -2.16. The van der Waals surface area contributed by atoms with Gasteiger partial charge in [0.2, 0.25) is 5.91 Å². The zero-order chi connectivity index (χ0) is 13.5. The van der Waals surface area contributed by atoms with E-state index in [1.54, 1.807) is 12.1 Å². The van der Waals surface area contributed by atoms with E-state index < -0.39 is 5.97 Å². The molecule has 0 aliphatic rings. The van der Waals surface area contributed by atoms with Crippen LogP contribution in [-0.2, 0) is 14.3 Å². The quantitative estimate of drug-likeness (QED) is 0.810. The van der Waals surface area contributed by atoms with Gasteiger partial charge in [-0.2, -0.15) is 0 Å². The van der Waals surface area contributed by atoms with E-state index in [0.717, 1.165) is 5.56 Å². The van der Waals surface area contributed by atoms with E-state index in [-0.39, 0.29) is 12.3 Å².